The van der Waals surface area contributed by atoms with Crippen LogP contribution in [0.4, 0.5) is 11.5 Å². The molecular formula is C20H28N4O2. The standard InChI is InChI=1S/C20H28N4O2/c1-20(2,3)14-9-11-24(12-10-14)18-17(21)19(23-13-22-18)26-16-8-6-5-7-15(16)25-4/h5-8,13-14H,9-12,21H2,1-4H3. The molecule has 0 atom stereocenters. The monoisotopic (exact) mass is 356 g/mol. The number of ether oxygens (including phenoxy) is 2. The molecule has 26 heavy (non-hydrogen) atoms. The maximum atomic E-state index is 6.34. The van der Waals surface area contributed by atoms with Gasteiger partial charge in [-0.1, -0.05) is 32.9 Å². The summed E-state index contributed by atoms with van der Waals surface area (Å²) in [6, 6.07) is 7.44. The lowest BCUT2D eigenvalue weighted by atomic mass is 9.75. The molecule has 2 N–H and O–H groups in total. The molecule has 1 aliphatic heterocycles. The Morgan fingerprint density at radius 2 is 1.73 bits per heavy atom. The van der Waals surface area contributed by atoms with E-state index in [9.17, 15) is 0 Å². The van der Waals surface area contributed by atoms with Crippen molar-refractivity contribution in [3.8, 4) is 17.4 Å². The number of anilines is 2. The first-order valence-corrected chi connectivity index (χ1v) is 9.06. The maximum Gasteiger partial charge on any atom is 0.248 e. The molecule has 0 aliphatic carbocycles. The zero-order valence-electron chi connectivity index (χ0n) is 16.0. The zero-order chi connectivity index (χ0) is 18.7. The van der Waals surface area contributed by atoms with Crippen molar-refractivity contribution in [2.75, 3.05) is 30.8 Å². The summed E-state index contributed by atoms with van der Waals surface area (Å²) >= 11 is 0. The predicted molar refractivity (Wildman–Crippen MR) is 104 cm³/mol. The fourth-order valence-electron chi connectivity index (χ4n) is 3.47. The average Bonchev–Trinajstić information content (AvgIpc) is 2.63. The number of hydrogen-bond acceptors (Lipinski definition) is 6. The van der Waals surface area contributed by atoms with Crippen molar-refractivity contribution in [2.24, 2.45) is 11.3 Å². The molecule has 0 saturated carbocycles. The highest BCUT2D eigenvalue weighted by Crippen LogP contribution is 2.39. The number of nitrogens with two attached hydrogens (primary N) is 1. The van der Waals surface area contributed by atoms with Crippen molar-refractivity contribution in [1.82, 2.24) is 9.97 Å². The second-order valence-corrected chi connectivity index (χ2v) is 7.80. The van der Waals surface area contributed by atoms with Crippen LogP contribution in [0.5, 0.6) is 17.4 Å². The second kappa shape index (κ2) is 7.40. The molecule has 1 aromatic carbocycles. The van der Waals surface area contributed by atoms with E-state index in [0.717, 1.165) is 31.7 Å². The van der Waals surface area contributed by atoms with E-state index >= 15 is 0 Å². The molecule has 2 aromatic rings. The number of methoxy groups -OCH3 is 1. The quantitative estimate of drug-likeness (QED) is 0.888. The largest absolute Gasteiger partial charge is 0.493 e. The van der Waals surface area contributed by atoms with Crippen molar-refractivity contribution in [1.29, 1.82) is 0 Å². The van der Waals surface area contributed by atoms with Gasteiger partial charge in [-0.2, -0.15) is 4.98 Å². The first-order valence-electron chi connectivity index (χ1n) is 9.06. The number of nitrogens with zero attached hydrogens (tertiary/aromatic N) is 3. The van der Waals surface area contributed by atoms with Gasteiger partial charge < -0.3 is 20.1 Å². The highest BCUT2D eigenvalue weighted by atomic mass is 16.5. The molecular weight excluding hydrogens is 328 g/mol. The summed E-state index contributed by atoms with van der Waals surface area (Å²) in [5, 5.41) is 0. The molecule has 3 rings (SSSR count). The smallest absolute Gasteiger partial charge is 0.248 e. The van der Waals surface area contributed by atoms with Crippen molar-refractivity contribution in [3.05, 3.63) is 30.6 Å². The van der Waals surface area contributed by atoms with Crippen LogP contribution in [0.15, 0.2) is 30.6 Å². The van der Waals surface area contributed by atoms with Crippen LogP contribution in [0.3, 0.4) is 0 Å². The first-order chi connectivity index (χ1) is 12.4. The molecule has 6 nitrogen and oxygen atoms in total. The highest BCUT2D eigenvalue weighted by molar-refractivity contribution is 5.68. The molecule has 0 radical (unpaired) electrons. The van der Waals surface area contributed by atoms with Gasteiger partial charge in [-0.25, -0.2) is 4.98 Å². The summed E-state index contributed by atoms with van der Waals surface area (Å²) < 4.78 is 11.2. The van der Waals surface area contributed by atoms with E-state index in [1.165, 1.54) is 6.33 Å². The van der Waals surface area contributed by atoms with E-state index in [4.69, 9.17) is 15.2 Å². The van der Waals surface area contributed by atoms with Gasteiger partial charge in [0, 0.05) is 13.1 Å². The Bertz CT molecular complexity index is 750. The first kappa shape index (κ1) is 18.3. The summed E-state index contributed by atoms with van der Waals surface area (Å²) in [7, 11) is 1.61. The Hall–Kier alpha value is -2.50. The van der Waals surface area contributed by atoms with Crippen LogP contribution in [0.2, 0.25) is 0 Å². The number of nitrogen functional groups attached to an aromatic ring is 1. The van der Waals surface area contributed by atoms with Crippen LogP contribution in [-0.4, -0.2) is 30.2 Å². The SMILES string of the molecule is COc1ccccc1Oc1ncnc(N2CCC(C(C)(C)C)CC2)c1N. The summed E-state index contributed by atoms with van der Waals surface area (Å²) in [6.07, 6.45) is 3.78. The predicted octanol–water partition coefficient (Wildman–Crippen LogP) is 4.12. The highest BCUT2D eigenvalue weighted by Gasteiger charge is 2.30. The van der Waals surface area contributed by atoms with Crippen LogP contribution in [-0.2, 0) is 0 Å². The van der Waals surface area contributed by atoms with E-state index in [1.54, 1.807) is 7.11 Å². The van der Waals surface area contributed by atoms with Gasteiger partial charge >= 0.3 is 0 Å². The minimum Gasteiger partial charge on any atom is -0.493 e. The van der Waals surface area contributed by atoms with Crippen LogP contribution < -0.4 is 20.1 Å². The minimum absolute atomic E-state index is 0.335. The summed E-state index contributed by atoms with van der Waals surface area (Å²) in [6.45, 7) is 8.82. The summed E-state index contributed by atoms with van der Waals surface area (Å²) in [5.41, 5.74) is 7.14. The fourth-order valence-corrected chi connectivity index (χ4v) is 3.47. The van der Waals surface area contributed by atoms with E-state index < -0.39 is 0 Å². The molecule has 1 aromatic heterocycles. The Morgan fingerprint density at radius 3 is 2.35 bits per heavy atom. The van der Waals surface area contributed by atoms with Crippen LogP contribution in [0.25, 0.3) is 0 Å². The number of piperidine rings is 1. The van der Waals surface area contributed by atoms with Gasteiger partial charge in [-0.3, -0.25) is 0 Å². The third kappa shape index (κ3) is 3.84. The van der Waals surface area contributed by atoms with Gasteiger partial charge in [-0.05, 0) is 36.3 Å². The van der Waals surface area contributed by atoms with Crippen molar-refractivity contribution in [3.63, 3.8) is 0 Å². The number of rotatable bonds is 4. The molecule has 6 heteroatoms. The Morgan fingerprint density at radius 1 is 1.08 bits per heavy atom. The molecule has 1 saturated heterocycles. The van der Waals surface area contributed by atoms with Gasteiger partial charge in [0.25, 0.3) is 0 Å². The van der Waals surface area contributed by atoms with Gasteiger partial charge in [0.1, 0.15) is 12.0 Å². The fraction of sp³-hybridized carbons (Fsp3) is 0.500. The number of aromatic nitrogens is 2. The van der Waals surface area contributed by atoms with E-state index in [-0.39, 0.29) is 0 Å². The topological polar surface area (TPSA) is 73.5 Å². The van der Waals surface area contributed by atoms with Gasteiger partial charge in [0.15, 0.2) is 17.3 Å². The van der Waals surface area contributed by atoms with E-state index in [1.807, 2.05) is 24.3 Å². The number of benzene rings is 1. The normalized spacial score (nSPS) is 15.8. The number of hydrogen-bond donors (Lipinski definition) is 1. The lowest BCUT2D eigenvalue weighted by molar-refractivity contribution is 0.198. The van der Waals surface area contributed by atoms with Crippen molar-refractivity contribution >= 4 is 11.5 Å². The van der Waals surface area contributed by atoms with E-state index in [2.05, 4.69) is 35.6 Å². The molecule has 1 aliphatic rings. The molecule has 2 heterocycles. The van der Waals surface area contributed by atoms with Crippen LogP contribution in [0.1, 0.15) is 33.6 Å². The lowest BCUT2D eigenvalue weighted by Gasteiger charge is -2.39. The van der Waals surface area contributed by atoms with Gasteiger partial charge in [-0.15, -0.1) is 0 Å². The molecule has 0 bridgehead atoms. The third-order valence-corrected chi connectivity index (χ3v) is 5.12. The van der Waals surface area contributed by atoms with Crippen molar-refractivity contribution in [2.45, 2.75) is 33.6 Å². The van der Waals surface area contributed by atoms with E-state index in [0.29, 0.717) is 34.4 Å². The average molecular weight is 356 g/mol. The zero-order valence-corrected chi connectivity index (χ0v) is 16.0. The molecule has 140 valence electrons. The van der Waals surface area contributed by atoms with Crippen LogP contribution in [0, 0.1) is 11.3 Å². The van der Waals surface area contributed by atoms with Gasteiger partial charge in [0.05, 0.1) is 7.11 Å². The minimum atomic E-state index is 0.335. The lowest BCUT2D eigenvalue weighted by Crippen LogP contribution is -2.38. The second-order valence-electron chi connectivity index (χ2n) is 7.80. The Labute approximate surface area is 155 Å². The molecule has 0 amide bonds. The maximum absolute atomic E-state index is 6.34. The van der Waals surface area contributed by atoms with Gasteiger partial charge in [0.2, 0.25) is 5.88 Å². The molecule has 0 spiro atoms. The Balaban J connectivity index is 1.78. The number of para-hydroxylation sites is 2. The molecule has 1 fully saturated rings. The molecule has 0 unspecified atom stereocenters. The third-order valence-electron chi connectivity index (χ3n) is 5.12. The summed E-state index contributed by atoms with van der Waals surface area (Å²) in [4.78, 5) is 10.9. The Kier molecular flexibility index (Phi) is 5.20. The summed E-state index contributed by atoms with van der Waals surface area (Å²) in [5.74, 6) is 3.04. The van der Waals surface area contributed by atoms with Crippen molar-refractivity contribution < 1.29 is 9.47 Å². The van der Waals surface area contributed by atoms with Crippen LogP contribution >= 0.6 is 0 Å².